The SMILES string of the molecule is COc1cc(I)c(OC)nn1.COc1cc(SCc2ccccc2)c(OC)nn1. The third-order valence-electron chi connectivity index (χ3n) is 3.44. The Balaban J connectivity index is 0.000000234. The molecule has 0 atom stereocenters. The van der Waals surface area contributed by atoms with Crippen LogP contribution < -0.4 is 18.9 Å². The summed E-state index contributed by atoms with van der Waals surface area (Å²) in [4.78, 5) is 0.924. The van der Waals surface area contributed by atoms with Crippen LogP contribution in [0.25, 0.3) is 0 Å². The molecule has 2 heterocycles. The fourth-order valence-electron chi connectivity index (χ4n) is 2.01. The Kier molecular flexibility index (Phi) is 9.71. The smallest absolute Gasteiger partial charge is 0.247 e. The van der Waals surface area contributed by atoms with E-state index < -0.39 is 0 Å². The van der Waals surface area contributed by atoms with Crippen LogP contribution in [0.5, 0.6) is 23.5 Å². The van der Waals surface area contributed by atoms with Crippen LogP contribution in [0.3, 0.4) is 0 Å². The second-order valence-corrected chi connectivity index (χ2v) is 7.46. The highest BCUT2D eigenvalue weighted by Gasteiger charge is 2.09. The van der Waals surface area contributed by atoms with Gasteiger partial charge < -0.3 is 18.9 Å². The van der Waals surface area contributed by atoms with Gasteiger partial charge in [0.1, 0.15) is 0 Å². The second-order valence-electron chi connectivity index (χ2n) is 5.28. The zero-order chi connectivity index (χ0) is 21.1. The zero-order valence-electron chi connectivity index (χ0n) is 16.5. The zero-order valence-corrected chi connectivity index (χ0v) is 19.4. The molecular weight excluding hydrogens is 507 g/mol. The van der Waals surface area contributed by atoms with Gasteiger partial charge in [-0.2, -0.15) is 0 Å². The highest BCUT2D eigenvalue weighted by molar-refractivity contribution is 14.1. The number of benzene rings is 1. The molecule has 0 amide bonds. The minimum Gasteiger partial charge on any atom is -0.480 e. The molecule has 154 valence electrons. The van der Waals surface area contributed by atoms with E-state index in [0.717, 1.165) is 14.2 Å². The molecule has 0 aliphatic heterocycles. The van der Waals surface area contributed by atoms with Gasteiger partial charge in [0.15, 0.2) is 0 Å². The molecule has 29 heavy (non-hydrogen) atoms. The van der Waals surface area contributed by atoms with Crippen molar-refractivity contribution in [3.05, 3.63) is 51.6 Å². The molecule has 0 saturated heterocycles. The van der Waals surface area contributed by atoms with Gasteiger partial charge in [0.05, 0.1) is 36.9 Å². The molecule has 3 aromatic rings. The molecule has 3 rings (SSSR count). The third kappa shape index (κ3) is 7.20. The lowest BCUT2D eigenvalue weighted by molar-refractivity contribution is 0.358. The van der Waals surface area contributed by atoms with Crippen LogP contribution in [0.4, 0.5) is 0 Å². The van der Waals surface area contributed by atoms with Gasteiger partial charge in [0.25, 0.3) is 0 Å². The summed E-state index contributed by atoms with van der Waals surface area (Å²) in [6, 6.07) is 13.8. The average molecular weight is 528 g/mol. The molecular formula is C19H21IN4O4S. The lowest BCUT2D eigenvalue weighted by Gasteiger charge is -2.07. The van der Waals surface area contributed by atoms with Gasteiger partial charge in [-0.3, -0.25) is 0 Å². The number of hydrogen-bond acceptors (Lipinski definition) is 9. The van der Waals surface area contributed by atoms with E-state index in [1.165, 1.54) is 5.56 Å². The first kappa shape index (κ1) is 22.9. The summed E-state index contributed by atoms with van der Waals surface area (Å²) in [5, 5.41) is 15.3. The predicted octanol–water partition coefficient (Wildman–Crippen LogP) is 3.88. The Labute approximate surface area is 187 Å². The molecule has 0 unspecified atom stereocenters. The quantitative estimate of drug-likeness (QED) is 0.335. The van der Waals surface area contributed by atoms with E-state index in [9.17, 15) is 0 Å². The standard InChI is InChI=1S/C13H14N2O2S.C6H7IN2O2/c1-16-12-8-11(13(17-2)15-14-12)18-9-10-6-4-3-5-7-10;1-10-5-3-4(7)6(11-2)9-8-5/h3-8H,9H2,1-2H3;3H,1-2H3. The summed E-state index contributed by atoms with van der Waals surface area (Å²) >= 11 is 3.75. The third-order valence-corrected chi connectivity index (χ3v) is 5.29. The summed E-state index contributed by atoms with van der Waals surface area (Å²) in [5.74, 6) is 2.89. The summed E-state index contributed by atoms with van der Waals surface area (Å²) in [7, 11) is 6.26. The van der Waals surface area contributed by atoms with E-state index in [1.807, 2.05) is 24.3 Å². The Morgan fingerprint density at radius 1 is 0.759 bits per heavy atom. The van der Waals surface area contributed by atoms with Crippen molar-refractivity contribution in [3.63, 3.8) is 0 Å². The molecule has 2 aromatic heterocycles. The van der Waals surface area contributed by atoms with Crippen LogP contribution >= 0.6 is 34.4 Å². The molecule has 10 heteroatoms. The number of nitrogens with zero attached hydrogens (tertiary/aromatic N) is 4. The highest BCUT2D eigenvalue weighted by Crippen LogP contribution is 2.31. The number of halogens is 1. The first-order valence-corrected chi connectivity index (χ1v) is 10.4. The van der Waals surface area contributed by atoms with Crippen molar-refractivity contribution < 1.29 is 18.9 Å². The number of methoxy groups -OCH3 is 4. The van der Waals surface area contributed by atoms with Gasteiger partial charge >= 0.3 is 0 Å². The maximum absolute atomic E-state index is 5.18. The predicted molar refractivity (Wildman–Crippen MR) is 119 cm³/mol. The highest BCUT2D eigenvalue weighted by atomic mass is 127. The van der Waals surface area contributed by atoms with E-state index in [0.29, 0.717) is 23.5 Å². The monoisotopic (exact) mass is 528 g/mol. The summed E-state index contributed by atoms with van der Waals surface area (Å²) in [6.45, 7) is 0. The van der Waals surface area contributed by atoms with Crippen molar-refractivity contribution in [3.8, 4) is 23.5 Å². The van der Waals surface area contributed by atoms with E-state index in [4.69, 9.17) is 18.9 Å². The normalized spacial score (nSPS) is 9.83. The van der Waals surface area contributed by atoms with Crippen LogP contribution in [-0.4, -0.2) is 48.8 Å². The maximum Gasteiger partial charge on any atom is 0.247 e. The lowest BCUT2D eigenvalue weighted by Crippen LogP contribution is -1.96. The van der Waals surface area contributed by atoms with Crippen LogP contribution in [0, 0.1) is 3.57 Å². The molecule has 0 radical (unpaired) electrons. The lowest BCUT2D eigenvalue weighted by atomic mass is 10.2. The topological polar surface area (TPSA) is 88.5 Å². The van der Waals surface area contributed by atoms with Crippen molar-refractivity contribution in [2.75, 3.05) is 28.4 Å². The van der Waals surface area contributed by atoms with Gasteiger partial charge in [-0.25, -0.2) is 0 Å². The Bertz CT molecular complexity index is 903. The molecule has 0 saturated carbocycles. The van der Waals surface area contributed by atoms with Gasteiger partial charge in [0.2, 0.25) is 23.5 Å². The number of ether oxygens (including phenoxy) is 4. The van der Waals surface area contributed by atoms with Gasteiger partial charge in [-0.1, -0.05) is 30.3 Å². The Morgan fingerprint density at radius 3 is 1.90 bits per heavy atom. The number of thioether (sulfide) groups is 1. The molecule has 0 spiro atoms. The van der Waals surface area contributed by atoms with Crippen LogP contribution in [0.1, 0.15) is 5.56 Å². The largest absolute Gasteiger partial charge is 0.480 e. The van der Waals surface area contributed by atoms with Crippen LogP contribution in [-0.2, 0) is 5.75 Å². The number of rotatable bonds is 7. The summed E-state index contributed by atoms with van der Waals surface area (Å²) in [6.07, 6.45) is 0. The second kappa shape index (κ2) is 12.3. The van der Waals surface area contributed by atoms with E-state index >= 15 is 0 Å². The molecule has 1 aromatic carbocycles. The van der Waals surface area contributed by atoms with Crippen LogP contribution in [0.15, 0.2) is 47.4 Å². The fraction of sp³-hybridized carbons (Fsp3) is 0.263. The van der Waals surface area contributed by atoms with Crippen molar-refractivity contribution in [1.29, 1.82) is 0 Å². The van der Waals surface area contributed by atoms with E-state index in [-0.39, 0.29) is 0 Å². The molecule has 0 aliphatic rings. The number of aromatic nitrogens is 4. The maximum atomic E-state index is 5.18. The van der Waals surface area contributed by atoms with Crippen molar-refractivity contribution in [1.82, 2.24) is 20.4 Å². The first-order valence-electron chi connectivity index (χ1n) is 8.34. The Hall–Kier alpha value is -2.34. The fourth-order valence-corrected chi connectivity index (χ4v) is 3.55. The molecule has 0 N–H and O–H groups in total. The van der Waals surface area contributed by atoms with Gasteiger partial charge in [-0.05, 0) is 28.2 Å². The van der Waals surface area contributed by atoms with Crippen LogP contribution in [0.2, 0.25) is 0 Å². The summed E-state index contributed by atoms with van der Waals surface area (Å²) < 4.78 is 20.9. The Morgan fingerprint density at radius 2 is 1.34 bits per heavy atom. The van der Waals surface area contributed by atoms with Crippen molar-refractivity contribution in [2.45, 2.75) is 10.6 Å². The molecule has 8 nitrogen and oxygen atoms in total. The van der Waals surface area contributed by atoms with E-state index in [2.05, 4.69) is 55.1 Å². The molecule has 0 bridgehead atoms. The first-order chi connectivity index (χ1) is 14.1. The van der Waals surface area contributed by atoms with Gasteiger partial charge in [0, 0.05) is 17.9 Å². The van der Waals surface area contributed by atoms with Crippen molar-refractivity contribution in [2.24, 2.45) is 0 Å². The minimum absolute atomic E-state index is 0.492. The van der Waals surface area contributed by atoms with Crippen molar-refractivity contribution >= 4 is 34.4 Å². The minimum atomic E-state index is 0.492. The van der Waals surface area contributed by atoms with E-state index in [1.54, 1.807) is 46.3 Å². The number of hydrogen-bond donors (Lipinski definition) is 0. The summed E-state index contributed by atoms with van der Waals surface area (Å²) in [5.41, 5.74) is 1.25. The molecule has 0 aliphatic carbocycles. The molecule has 0 fully saturated rings. The van der Waals surface area contributed by atoms with Gasteiger partial charge in [-0.15, -0.1) is 32.2 Å². The average Bonchev–Trinajstić information content (AvgIpc) is 2.78.